The number of fused-ring (bicyclic) bond motifs is 1. The number of hydrogen-bond donors (Lipinski definition) is 1. The number of thiazole rings is 1. The van der Waals surface area contributed by atoms with Crippen molar-refractivity contribution in [2.45, 2.75) is 13.0 Å². The van der Waals surface area contributed by atoms with E-state index in [0.29, 0.717) is 10.3 Å². The van der Waals surface area contributed by atoms with Gasteiger partial charge < -0.3 is 9.55 Å². The maximum absolute atomic E-state index is 13.6. The third-order valence-corrected chi connectivity index (χ3v) is 4.49. The van der Waals surface area contributed by atoms with E-state index in [1.165, 1.54) is 6.07 Å². The molecule has 3 rings (SSSR count). The molecule has 2 heterocycles. The predicted octanol–water partition coefficient (Wildman–Crippen LogP) is 4.56. The number of H-pyrrole nitrogens is 1. The quantitative estimate of drug-likeness (QED) is 0.704. The first-order chi connectivity index (χ1) is 9.08. The summed E-state index contributed by atoms with van der Waals surface area (Å²) in [6.45, 7) is 1.98. The number of halogens is 2. The summed E-state index contributed by atoms with van der Waals surface area (Å²) < 4.78 is 16.0. The van der Waals surface area contributed by atoms with E-state index in [9.17, 15) is 4.39 Å². The van der Waals surface area contributed by atoms with Crippen molar-refractivity contribution in [3.63, 3.8) is 0 Å². The van der Waals surface area contributed by atoms with E-state index in [1.54, 1.807) is 23.6 Å². The van der Waals surface area contributed by atoms with Crippen LogP contribution in [-0.4, -0.2) is 14.5 Å². The minimum Gasteiger partial charge on any atom is -0.331 e. The second-order valence-electron chi connectivity index (χ2n) is 4.13. The molecule has 19 heavy (non-hydrogen) atoms. The second kappa shape index (κ2) is 4.70. The Morgan fingerprint density at radius 1 is 1.53 bits per heavy atom. The third kappa shape index (κ3) is 2.09. The number of hydrogen-bond acceptors (Lipinski definition) is 3. The van der Waals surface area contributed by atoms with Crippen molar-refractivity contribution in [1.82, 2.24) is 14.5 Å². The van der Waals surface area contributed by atoms with Gasteiger partial charge in [-0.3, -0.25) is 0 Å². The van der Waals surface area contributed by atoms with Crippen LogP contribution < -0.4 is 0 Å². The molecular weight excluding hydrogens is 305 g/mol. The van der Waals surface area contributed by atoms with Gasteiger partial charge in [0, 0.05) is 17.6 Å². The maximum atomic E-state index is 13.6. The van der Waals surface area contributed by atoms with Gasteiger partial charge in [-0.25, -0.2) is 9.37 Å². The zero-order chi connectivity index (χ0) is 13.6. The van der Waals surface area contributed by atoms with Crippen LogP contribution in [0.3, 0.4) is 0 Å². The van der Waals surface area contributed by atoms with Gasteiger partial charge in [0.1, 0.15) is 10.8 Å². The topological polar surface area (TPSA) is 33.6 Å². The molecule has 0 amide bonds. The van der Waals surface area contributed by atoms with Crippen LogP contribution in [0, 0.1) is 10.6 Å². The van der Waals surface area contributed by atoms with Crippen LogP contribution in [0.15, 0.2) is 23.7 Å². The summed E-state index contributed by atoms with van der Waals surface area (Å²) in [5, 5.41) is 2.91. The van der Waals surface area contributed by atoms with E-state index in [4.69, 9.17) is 23.8 Å². The standard InChI is InChI=1S/C12H9ClFN3S2/c1-6(11-15-2-3-19-11)17-10-5-8(14)7(13)4-9(10)16-12(17)18/h2-6H,1H3,(H,16,18). The fourth-order valence-electron chi connectivity index (χ4n) is 2.06. The molecule has 0 radical (unpaired) electrons. The fraction of sp³-hybridized carbons (Fsp3) is 0.167. The number of imidazole rings is 1. The molecule has 0 saturated heterocycles. The molecule has 0 aliphatic heterocycles. The third-order valence-electron chi connectivity index (χ3n) is 2.95. The van der Waals surface area contributed by atoms with Crippen molar-refractivity contribution in [3.05, 3.63) is 44.3 Å². The molecule has 1 N–H and O–H groups in total. The zero-order valence-corrected chi connectivity index (χ0v) is 12.2. The van der Waals surface area contributed by atoms with Gasteiger partial charge in [0.05, 0.1) is 22.1 Å². The minimum atomic E-state index is -0.455. The fourth-order valence-corrected chi connectivity index (χ4v) is 3.27. The number of rotatable bonds is 2. The SMILES string of the molecule is CC(c1nccs1)n1c(=S)[nH]c2cc(Cl)c(F)cc21. The Hall–Kier alpha value is -1.24. The van der Waals surface area contributed by atoms with E-state index in [1.807, 2.05) is 16.9 Å². The molecule has 7 heteroatoms. The van der Waals surface area contributed by atoms with Crippen molar-refractivity contribution in [2.24, 2.45) is 0 Å². The molecule has 1 unspecified atom stereocenters. The molecule has 0 aliphatic rings. The van der Waals surface area contributed by atoms with Crippen LogP contribution in [0.5, 0.6) is 0 Å². The van der Waals surface area contributed by atoms with Gasteiger partial charge in [-0.05, 0) is 25.2 Å². The molecule has 1 aromatic carbocycles. The molecule has 0 spiro atoms. The summed E-state index contributed by atoms with van der Waals surface area (Å²) in [7, 11) is 0. The van der Waals surface area contributed by atoms with E-state index < -0.39 is 5.82 Å². The number of aromatic nitrogens is 3. The van der Waals surface area contributed by atoms with Crippen molar-refractivity contribution in [1.29, 1.82) is 0 Å². The van der Waals surface area contributed by atoms with Crippen molar-refractivity contribution in [2.75, 3.05) is 0 Å². The minimum absolute atomic E-state index is 0.0539. The van der Waals surface area contributed by atoms with Gasteiger partial charge in [0.2, 0.25) is 0 Å². The highest BCUT2D eigenvalue weighted by atomic mass is 35.5. The zero-order valence-electron chi connectivity index (χ0n) is 9.85. The number of benzene rings is 1. The highest BCUT2D eigenvalue weighted by molar-refractivity contribution is 7.71. The van der Waals surface area contributed by atoms with Gasteiger partial charge in [0.15, 0.2) is 4.77 Å². The van der Waals surface area contributed by atoms with Crippen LogP contribution in [0.4, 0.5) is 4.39 Å². The van der Waals surface area contributed by atoms with Crippen molar-refractivity contribution in [3.8, 4) is 0 Å². The van der Waals surface area contributed by atoms with Crippen LogP contribution in [-0.2, 0) is 0 Å². The molecule has 2 aromatic heterocycles. The van der Waals surface area contributed by atoms with Crippen LogP contribution in [0.1, 0.15) is 18.0 Å². The average molecular weight is 314 g/mol. The van der Waals surface area contributed by atoms with Crippen LogP contribution in [0.25, 0.3) is 11.0 Å². The second-order valence-corrected chi connectivity index (χ2v) is 5.85. The Kier molecular flexibility index (Phi) is 3.16. The lowest BCUT2D eigenvalue weighted by Crippen LogP contribution is -2.06. The van der Waals surface area contributed by atoms with Crippen molar-refractivity contribution < 1.29 is 4.39 Å². The maximum Gasteiger partial charge on any atom is 0.178 e. The Balaban J connectivity index is 2.26. The smallest absolute Gasteiger partial charge is 0.178 e. The molecule has 3 nitrogen and oxygen atoms in total. The monoisotopic (exact) mass is 313 g/mol. The van der Waals surface area contributed by atoms with E-state index in [0.717, 1.165) is 10.5 Å². The Morgan fingerprint density at radius 2 is 2.32 bits per heavy atom. The number of aromatic amines is 1. The lowest BCUT2D eigenvalue weighted by molar-refractivity contribution is 0.621. The molecule has 0 fully saturated rings. The van der Waals surface area contributed by atoms with Gasteiger partial charge in [-0.2, -0.15) is 0 Å². The highest BCUT2D eigenvalue weighted by Crippen LogP contribution is 2.28. The van der Waals surface area contributed by atoms with Crippen molar-refractivity contribution >= 4 is 46.2 Å². The van der Waals surface area contributed by atoms with E-state index >= 15 is 0 Å². The largest absolute Gasteiger partial charge is 0.331 e. The summed E-state index contributed by atoms with van der Waals surface area (Å²) in [6, 6.07) is 2.89. The van der Waals surface area contributed by atoms with E-state index in [2.05, 4.69) is 9.97 Å². The molecule has 0 saturated carbocycles. The first-order valence-corrected chi connectivity index (χ1v) is 7.23. The summed E-state index contributed by atoms with van der Waals surface area (Å²) in [4.78, 5) is 7.32. The Morgan fingerprint density at radius 3 is 3.00 bits per heavy atom. The molecular formula is C12H9ClFN3S2. The first kappa shape index (κ1) is 12.8. The Labute approximate surface area is 122 Å². The first-order valence-electron chi connectivity index (χ1n) is 5.56. The molecule has 98 valence electrons. The average Bonchev–Trinajstić information content (AvgIpc) is 2.97. The lowest BCUT2D eigenvalue weighted by atomic mass is 10.2. The molecule has 0 bridgehead atoms. The summed E-state index contributed by atoms with van der Waals surface area (Å²) in [5.74, 6) is -0.455. The van der Waals surface area contributed by atoms with Gasteiger partial charge >= 0.3 is 0 Å². The predicted molar refractivity (Wildman–Crippen MR) is 78.0 cm³/mol. The normalized spacial score (nSPS) is 13.0. The van der Waals surface area contributed by atoms with Crippen LogP contribution >= 0.6 is 35.2 Å². The molecule has 0 aliphatic carbocycles. The van der Waals surface area contributed by atoms with Gasteiger partial charge in [-0.15, -0.1) is 11.3 Å². The molecule has 3 aromatic rings. The lowest BCUT2D eigenvalue weighted by Gasteiger charge is -2.11. The summed E-state index contributed by atoms with van der Waals surface area (Å²) in [5.41, 5.74) is 1.41. The van der Waals surface area contributed by atoms with Crippen LogP contribution in [0.2, 0.25) is 5.02 Å². The van der Waals surface area contributed by atoms with E-state index in [-0.39, 0.29) is 11.1 Å². The highest BCUT2D eigenvalue weighted by Gasteiger charge is 2.16. The summed E-state index contributed by atoms with van der Waals surface area (Å²) in [6.07, 6.45) is 1.74. The molecule has 1 atom stereocenters. The number of nitrogens with one attached hydrogen (secondary N) is 1. The number of nitrogens with zero attached hydrogens (tertiary/aromatic N) is 2. The van der Waals surface area contributed by atoms with Gasteiger partial charge in [0.25, 0.3) is 0 Å². The van der Waals surface area contributed by atoms with Gasteiger partial charge in [-0.1, -0.05) is 11.6 Å². The Bertz CT molecular complexity index is 791. The summed E-state index contributed by atoms with van der Waals surface area (Å²) >= 11 is 12.6.